The number of hydrogen-bond donors (Lipinski definition) is 0. The lowest BCUT2D eigenvalue weighted by atomic mass is 10.2. The van der Waals surface area contributed by atoms with Crippen molar-refractivity contribution in [3.05, 3.63) is 27.5 Å². The summed E-state index contributed by atoms with van der Waals surface area (Å²) in [7, 11) is 1.68. The summed E-state index contributed by atoms with van der Waals surface area (Å²) in [6, 6.07) is 6.01. The van der Waals surface area contributed by atoms with E-state index in [1.165, 1.54) is 5.39 Å². The minimum absolute atomic E-state index is 0.522. The normalized spacial score (nSPS) is 10.8. The van der Waals surface area contributed by atoms with E-state index >= 15 is 0 Å². The Kier molecular flexibility index (Phi) is 3.00. The van der Waals surface area contributed by atoms with Gasteiger partial charge in [-0.05, 0) is 27.6 Å². The fourth-order valence-electron chi connectivity index (χ4n) is 1.40. The summed E-state index contributed by atoms with van der Waals surface area (Å²) in [6.45, 7) is 0. The van der Waals surface area contributed by atoms with E-state index in [2.05, 4.69) is 22.0 Å². The molecule has 0 aliphatic rings. The fourth-order valence-corrected chi connectivity index (χ4v) is 3.80. The minimum Gasteiger partial charge on any atom is -0.495 e. The first-order chi connectivity index (χ1) is 6.77. The molecule has 0 saturated heterocycles. The first kappa shape index (κ1) is 10.3. The Hall–Kier alpha value is -0.250. The SMILES string of the molecule is COc1cccc2c(CCl)c(Br)sc12. The van der Waals surface area contributed by atoms with Gasteiger partial charge in [0.1, 0.15) is 5.75 Å². The van der Waals surface area contributed by atoms with Crippen molar-refractivity contribution in [2.24, 2.45) is 0 Å². The Bertz CT molecular complexity index is 466. The highest BCUT2D eigenvalue weighted by atomic mass is 79.9. The molecule has 1 aromatic carbocycles. The van der Waals surface area contributed by atoms with Crippen molar-refractivity contribution in [3.8, 4) is 5.75 Å². The summed E-state index contributed by atoms with van der Waals surface area (Å²) in [6.07, 6.45) is 0. The molecule has 0 radical (unpaired) electrons. The summed E-state index contributed by atoms with van der Waals surface area (Å²) < 4.78 is 7.53. The van der Waals surface area contributed by atoms with E-state index in [0.29, 0.717) is 5.88 Å². The van der Waals surface area contributed by atoms with Gasteiger partial charge in [0, 0.05) is 11.3 Å². The van der Waals surface area contributed by atoms with Crippen LogP contribution in [0.5, 0.6) is 5.75 Å². The number of hydrogen-bond acceptors (Lipinski definition) is 2. The van der Waals surface area contributed by atoms with E-state index < -0.39 is 0 Å². The highest BCUT2D eigenvalue weighted by Gasteiger charge is 2.11. The van der Waals surface area contributed by atoms with Crippen LogP contribution >= 0.6 is 38.9 Å². The maximum Gasteiger partial charge on any atom is 0.136 e. The third-order valence-electron chi connectivity index (χ3n) is 2.09. The topological polar surface area (TPSA) is 9.23 Å². The molecule has 2 aromatic rings. The van der Waals surface area contributed by atoms with Crippen molar-refractivity contribution in [2.45, 2.75) is 5.88 Å². The van der Waals surface area contributed by atoms with E-state index in [1.54, 1.807) is 18.4 Å². The molecule has 0 spiro atoms. The third kappa shape index (κ3) is 1.53. The number of halogens is 2. The van der Waals surface area contributed by atoms with Crippen LogP contribution in [0.4, 0.5) is 0 Å². The van der Waals surface area contributed by atoms with Gasteiger partial charge in [-0.25, -0.2) is 0 Å². The van der Waals surface area contributed by atoms with Crippen molar-refractivity contribution < 1.29 is 4.74 Å². The Labute approximate surface area is 99.8 Å². The summed E-state index contributed by atoms with van der Waals surface area (Å²) in [5.41, 5.74) is 1.14. The van der Waals surface area contributed by atoms with Crippen LogP contribution in [-0.4, -0.2) is 7.11 Å². The molecular formula is C10H8BrClOS. The number of ether oxygens (including phenoxy) is 1. The Balaban J connectivity index is 2.79. The predicted octanol–water partition coefficient (Wildman–Crippen LogP) is 4.41. The molecular weight excluding hydrogens is 284 g/mol. The molecule has 0 atom stereocenters. The summed E-state index contributed by atoms with van der Waals surface area (Å²) in [4.78, 5) is 0. The van der Waals surface area contributed by atoms with Crippen LogP contribution in [0.3, 0.4) is 0 Å². The highest BCUT2D eigenvalue weighted by Crippen LogP contribution is 2.40. The molecule has 0 amide bonds. The van der Waals surface area contributed by atoms with Gasteiger partial charge in [-0.15, -0.1) is 22.9 Å². The van der Waals surface area contributed by atoms with Crippen molar-refractivity contribution in [1.82, 2.24) is 0 Å². The lowest BCUT2D eigenvalue weighted by molar-refractivity contribution is 0.420. The van der Waals surface area contributed by atoms with Gasteiger partial charge < -0.3 is 4.74 Å². The molecule has 1 nitrogen and oxygen atoms in total. The molecule has 0 aliphatic heterocycles. The first-order valence-electron chi connectivity index (χ1n) is 4.07. The second kappa shape index (κ2) is 4.09. The molecule has 2 rings (SSSR count). The molecule has 14 heavy (non-hydrogen) atoms. The van der Waals surface area contributed by atoms with Gasteiger partial charge in [0.2, 0.25) is 0 Å². The van der Waals surface area contributed by atoms with Crippen molar-refractivity contribution >= 4 is 49.0 Å². The van der Waals surface area contributed by atoms with Crippen LogP contribution in [-0.2, 0) is 5.88 Å². The number of fused-ring (bicyclic) bond motifs is 1. The van der Waals surface area contributed by atoms with Crippen LogP contribution in [0.2, 0.25) is 0 Å². The van der Waals surface area contributed by atoms with Crippen molar-refractivity contribution in [2.75, 3.05) is 7.11 Å². The monoisotopic (exact) mass is 290 g/mol. The molecule has 0 saturated carbocycles. The van der Waals surface area contributed by atoms with Crippen molar-refractivity contribution in [1.29, 1.82) is 0 Å². The number of benzene rings is 1. The minimum atomic E-state index is 0.522. The second-order valence-electron chi connectivity index (χ2n) is 2.82. The molecule has 0 N–H and O–H groups in total. The maximum atomic E-state index is 5.88. The third-order valence-corrected chi connectivity index (χ3v) is 4.37. The van der Waals surface area contributed by atoms with Gasteiger partial charge in [0.25, 0.3) is 0 Å². The Morgan fingerprint density at radius 3 is 2.93 bits per heavy atom. The smallest absolute Gasteiger partial charge is 0.136 e. The zero-order valence-corrected chi connectivity index (χ0v) is 10.7. The molecule has 4 heteroatoms. The second-order valence-corrected chi connectivity index (χ2v) is 5.43. The molecule has 0 aliphatic carbocycles. The van der Waals surface area contributed by atoms with Gasteiger partial charge in [-0.2, -0.15) is 0 Å². The molecule has 74 valence electrons. The molecule has 0 bridgehead atoms. The zero-order chi connectivity index (χ0) is 10.1. The number of methoxy groups -OCH3 is 1. The zero-order valence-electron chi connectivity index (χ0n) is 7.51. The van der Waals surface area contributed by atoms with E-state index in [4.69, 9.17) is 16.3 Å². The van der Waals surface area contributed by atoms with Gasteiger partial charge in [-0.3, -0.25) is 0 Å². The summed E-state index contributed by atoms with van der Waals surface area (Å²) in [5, 5.41) is 1.18. The number of rotatable bonds is 2. The van der Waals surface area contributed by atoms with E-state index in [1.807, 2.05) is 12.1 Å². The maximum absolute atomic E-state index is 5.88. The molecule has 0 fully saturated rings. The van der Waals surface area contributed by atoms with Gasteiger partial charge in [0.05, 0.1) is 15.6 Å². The van der Waals surface area contributed by atoms with Crippen LogP contribution in [0.1, 0.15) is 5.56 Å². The molecule has 0 unspecified atom stereocenters. The lowest BCUT2D eigenvalue weighted by Gasteiger charge is -2.00. The molecule has 1 heterocycles. The fraction of sp³-hybridized carbons (Fsp3) is 0.200. The van der Waals surface area contributed by atoms with Gasteiger partial charge in [-0.1, -0.05) is 12.1 Å². The number of thiophene rings is 1. The lowest BCUT2D eigenvalue weighted by Crippen LogP contribution is -1.82. The first-order valence-corrected chi connectivity index (χ1v) is 6.22. The summed E-state index contributed by atoms with van der Waals surface area (Å²) in [5.74, 6) is 1.43. The van der Waals surface area contributed by atoms with Crippen molar-refractivity contribution in [3.63, 3.8) is 0 Å². The van der Waals surface area contributed by atoms with Gasteiger partial charge >= 0.3 is 0 Å². The standard InChI is InChI=1S/C10H8BrClOS/c1-13-8-4-2-3-6-7(5-12)10(11)14-9(6)8/h2-4H,5H2,1H3. The van der Waals surface area contributed by atoms with Crippen LogP contribution in [0, 0.1) is 0 Å². The largest absolute Gasteiger partial charge is 0.495 e. The Morgan fingerprint density at radius 1 is 1.50 bits per heavy atom. The van der Waals surface area contributed by atoms with Crippen LogP contribution < -0.4 is 4.74 Å². The quantitative estimate of drug-likeness (QED) is 0.745. The average Bonchev–Trinajstić information content (AvgIpc) is 2.52. The van der Waals surface area contributed by atoms with Gasteiger partial charge in [0.15, 0.2) is 0 Å². The highest BCUT2D eigenvalue weighted by molar-refractivity contribution is 9.11. The number of alkyl halides is 1. The van der Waals surface area contributed by atoms with E-state index in [0.717, 1.165) is 19.8 Å². The predicted molar refractivity (Wildman–Crippen MR) is 65.6 cm³/mol. The Morgan fingerprint density at radius 2 is 2.29 bits per heavy atom. The van der Waals surface area contributed by atoms with Crippen LogP contribution in [0.25, 0.3) is 10.1 Å². The average molecular weight is 292 g/mol. The summed E-state index contributed by atoms with van der Waals surface area (Å²) >= 11 is 11.1. The van der Waals surface area contributed by atoms with Crippen LogP contribution in [0.15, 0.2) is 22.0 Å². The molecule has 1 aromatic heterocycles. The van der Waals surface area contributed by atoms with E-state index in [-0.39, 0.29) is 0 Å². The van der Waals surface area contributed by atoms with E-state index in [9.17, 15) is 0 Å².